The van der Waals surface area contributed by atoms with Crippen molar-refractivity contribution in [1.82, 2.24) is 15.1 Å². The van der Waals surface area contributed by atoms with Crippen molar-refractivity contribution in [2.75, 3.05) is 19.6 Å². The van der Waals surface area contributed by atoms with Crippen LogP contribution in [-0.2, 0) is 19.9 Å². The third-order valence-corrected chi connectivity index (χ3v) is 7.02. The Hall–Kier alpha value is -3.52. The maximum absolute atomic E-state index is 13.3. The molecule has 0 spiro atoms. The molecular formula is C24H21N3O4S. The van der Waals surface area contributed by atoms with Gasteiger partial charge in [0.2, 0.25) is 17.7 Å². The van der Waals surface area contributed by atoms with Crippen LogP contribution in [0.2, 0.25) is 0 Å². The van der Waals surface area contributed by atoms with Gasteiger partial charge in [-0.05, 0) is 29.1 Å². The fourth-order valence-electron chi connectivity index (χ4n) is 4.38. The predicted octanol–water partition coefficient (Wildman–Crippen LogP) is 2.52. The van der Waals surface area contributed by atoms with Crippen LogP contribution in [0.25, 0.3) is 10.1 Å². The molecule has 5 rings (SSSR count). The fraction of sp³-hybridized carbons (Fsp3) is 0.250. The van der Waals surface area contributed by atoms with Gasteiger partial charge >= 0.3 is 0 Å². The number of hydrogen-bond donors (Lipinski definition) is 1. The third kappa shape index (κ3) is 3.46. The summed E-state index contributed by atoms with van der Waals surface area (Å²) >= 11 is 1.58. The van der Waals surface area contributed by atoms with E-state index >= 15 is 0 Å². The molecule has 0 atom stereocenters. The maximum Gasteiger partial charge on any atom is 0.252 e. The smallest absolute Gasteiger partial charge is 0.252 e. The number of rotatable bonds is 5. The van der Waals surface area contributed by atoms with E-state index in [0.717, 1.165) is 20.5 Å². The number of benzene rings is 2. The van der Waals surface area contributed by atoms with E-state index in [2.05, 4.69) is 5.32 Å². The van der Waals surface area contributed by atoms with Gasteiger partial charge in [0.25, 0.3) is 5.91 Å². The van der Waals surface area contributed by atoms with Crippen molar-refractivity contribution in [2.24, 2.45) is 0 Å². The number of amides is 4. The highest BCUT2D eigenvalue weighted by atomic mass is 32.1. The first-order valence-corrected chi connectivity index (χ1v) is 11.3. The first kappa shape index (κ1) is 20.4. The fourth-order valence-corrected chi connectivity index (χ4v) is 5.20. The average Bonchev–Trinajstić information content (AvgIpc) is 3.38. The molecule has 2 fully saturated rings. The highest BCUT2D eigenvalue weighted by Crippen LogP contribution is 2.34. The van der Waals surface area contributed by atoms with Crippen molar-refractivity contribution in [1.29, 1.82) is 0 Å². The first-order valence-electron chi connectivity index (χ1n) is 10.4. The molecule has 2 aliphatic rings. The highest BCUT2D eigenvalue weighted by molar-refractivity contribution is 7.17. The van der Waals surface area contributed by atoms with Crippen LogP contribution in [0, 0.1) is 0 Å². The number of likely N-dealkylation sites (tertiary alicyclic amines) is 2. The summed E-state index contributed by atoms with van der Waals surface area (Å²) in [6.45, 7) is 0.305. The monoisotopic (exact) mass is 447 g/mol. The number of hydrogen-bond acceptors (Lipinski definition) is 5. The molecular weight excluding hydrogens is 426 g/mol. The van der Waals surface area contributed by atoms with E-state index in [0.29, 0.717) is 5.56 Å². The van der Waals surface area contributed by atoms with E-state index in [4.69, 9.17) is 0 Å². The Morgan fingerprint density at radius 3 is 2.38 bits per heavy atom. The van der Waals surface area contributed by atoms with Crippen molar-refractivity contribution in [3.8, 4) is 0 Å². The molecule has 4 amide bonds. The van der Waals surface area contributed by atoms with Gasteiger partial charge in [-0.2, -0.15) is 0 Å². The number of imide groups is 1. The molecule has 7 nitrogen and oxygen atoms in total. The Morgan fingerprint density at radius 1 is 0.938 bits per heavy atom. The molecule has 0 bridgehead atoms. The lowest BCUT2D eigenvalue weighted by Gasteiger charge is -2.51. The minimum absolute atomic E-state index is 0.157. The molecule has 3 aromatic rings. The summed E-state index contributed by atoms with van der Waals surface area (Å²) in [5.74, 6) is -1.12. The van der Waals surface area contributed by atoms with Gasteiger partial charge in [-0.15, -0.1) is 11.3 Å². The van der Waals surface area contributed by atoms with Gasteiger partial charge in [-0.1, -0.05) is 36.4 Å². The zero-order valence-corrected chi connectivity index (χ0v) is 18.1. The van der Waals surface area contributed by atoms with Gasteiger partial charge in [-0.3, -0.25) is 24.1 Å². The number of carbonyl (C=O) groups excluding carboxylic acids is 4. The molecule has 162 valence electrons. The summed E-state index contributed by atoms with van der Waals surface area (Å²) in [6.07, 6.45) is 0.314. The molecule has 0 radical (unpaired) electrons. The topological polar surface area (TPSA) is 86.8 Å². The summed E-state index contributed by atoms with van der Waals surface area (Å²) in [6, 6.07) is 17.1. The van der Waals surface area contributed by atoms with E-state index < -0.39 is 5.54 Å². The Labute approximate surface area is 188 Å². The van der Waals surface area contributed by atoms with E-state index in [1.54, 1.807) is 22.3 Å². The number of carbonyl (C=O) groups is 4. The Bertz CT molecular complexity index is 1210. The number of nitrogens with one attached hydrogen (secondary N) is 1. The predicted molar refractivity (Wildman–Crippen MR) is 120 cm³/mol. The molecule has 1 aromatic heterocycles. The van der Waals surface area contributed by atoms with Crippen LogP contribution in [0.4, 0.5) is 0 Å². The van der Waals surface area contributed by atoms with Crippen LogP contribution in [0.15, 0.2) is 60.0 Å². The molecule has 2 aromatic carbocycles. The van der Waals surface area contributed by atoms with Gasteiger partial charge in [0.1, 0.15) is 12.1 Å². The van der Waals surface area contributed by atoms with E-state index in [1.165, 1.54) is 0 Å². The van der Waals surface area contributed by atoms with Gasteiger partial charge < -0.3 is 10.2 Å². The van der Waals surface area contributed by atoms with Crippen LogP contribution in [0.1, 0.15) is 28.8 Å². The first-order chi connectivity index (χ1) is 15.5. The molecule has 8 heteroatoms. The van der Waals surface area contributed by atoms with Gasteiger partial charge in [0.05, 0.1) is 0 Å². The molecule has 0 saturated carbocycles. The Balaban J connectivity index is 1.36. The second kappa shape index (κ2) is 7.87. The van der Waals surface area contributed by atoms with Crippen molar-refractivity contribution in [2.45, 2.75) is 18.4 Å². The van der Waals surface area contributed by atoms with E-state index in [9.17, 15) is 19.2 Å². The van der Waals surface area contributed by atoms with Crippen molar-refractivity contribution >= 4 is 45.1 Å². The quantitative estimate of drug-likeness (QED) is 0.609. The van der Waals surface area contributed by atoms with Crippen LogP contribution >= 0.6 is 11.3 Å². The maximum atomic E-state index is 13.3. The number of thiophene rings is 1. The second-order valence-electron chi connectivity index (χ2n) is 8.16. The van der Waals surface area contributed by atoms with Crippen LogP contribution in [0.5, 0.6) is 0 Å². The average molecular weight is 448 g/mol. The standard InChI is InChI=1S/C24H21N3O4S/c28-20-9-10-21(29)27(20)13-22(30)26-14-24(15-26,16-5-2-1-3-6-16)25-23(31)18-7-4-8-19-17(18)11-12-32-19/h1-8,11-12H,9-10,13-15H2,(H,25,31). The lowest BCUT2D eigenvalue weighted by molar-refractivity contribution is -0.149. The zero-order valence-electron chi connectivity index (χ0n) is 17.2. The number of nitrogens with zero attached hydrogens (tertiary/aromatic N) is 2. The molecule has 2 aliphatic heterocycles. The lowest BCUT2D eigenvalue weighted by atomic mass is 9.81. The molecule has 2 saturated heterocycles. The van der Waals surface area contributed by atoms with E-state index in [-0.39, 0.29) is 56.1 Å². The second-order valence-corrected chi connectivity index (χ2v) is 9.11. The normalized spacial score (nSPS) is 17.5. The third-order valence-electron chi connectivity index (χ3n) is 6.14. The lowest BCUT2D eigenvalue weighted by Crippen LogP contribution is -2.69. The molecule has 0 aliphatic carbocycles. The van der Waals surface area contributed by atoms with Crippen LogP contribution in [0.3, 0.4) is 0 Å². The minimum Gasteiger partial charge on any atom is -0.339 e. The van der Waals surface area contributed by atoms with Crippen molar-refractivity contribution < 1.29 is 19.2 Å². The SMILES string of the molecule is O=C(NC1(c2ccccc2)CN(C(=O)CN2C(=O)CCC2=O)C1)c1cccc2sccc12. The van der Waals surface area contributed by atoms with Gasteiger partial charge in [0.15, 0.2) is 0 Å². The molecule has 0 unspecified atom stereocenters. The van der Waals surface area contributed by atoms with Crippen LogP contribution < -0.4 is 5.32 Å². The zero-order chi connectivity index (χ0) is 22.3. The van der Waals surface area contributed by atoms with E-state index in [1.807, 2.05) is 53.9 Å². The summed E-state index contributed by atoms with van der Waals surface area (Å²) in [7, 11) is 0. The molecule has 32 heavy (non-hydrogen) atoms. The Kier molecular flexibility index (Phi) is 5.01. The largest absolute Gasteiger partial charge is 0.339 e. The van der Waals surface area contributed by atoms with Crippen LogP contribution in [-0.4, -0.2) is 53.1 Å². The molecule has 3 heterocycles. The summed E-state index contributed by atoms with van der Waals surface area (Å²) in [5.41, 5.74) is 0.769. The number of fused-ring (bicyclic) bond motifs is 1. The summed E-state index contributed by atoms with van der Waals surface area (Å²) in [5, 5.41) is 6.02. The highest BCUT2D eigenvalue weighted by Gasteiger charge is 2.48. The Morgan fingerprint density at radius 2 is 1.66 bits per heavy atom. The minimum atomic E-state index is -0.731. The van der Waals surface area contributed by atoms with Crippen molar-refractivity contribution in [3.63, 3.8) is 0 Å². The van der Waals surface area contributed by atoms with Gasteiger partial charge in [0, 0.05) is 41.6 Å². The molecule has 1 N–H and O–H groups in total. The van der Waals surface area contributed by atoms with Gasteiger partial charge in [-0.25, -0.2) is 0 Å². The van der Waals surface area contributed by atoms with Crippen molar-refractivity contribution in [3.05, 3.63) is 71.1 Å². The summed E-state index contributed by atoms with van der Waals surface area (Å²) < 4.78 is 1.04. The summed E-state index contributed by atoms with van der Waals surface area (Å²) in [4.78, 5) is 52.4.